The highest BCUT2D eigenvalue weighted by Gasteiger charge is 2.03. The van der Waals surface area contributed by atoms with Crippen molar-refractivity contribution in [2.45, 2.75) is 19.8 Å². The molecule has 1 aromatic heterocycles. The van der Waals surface area contributed by atoms with Crippen LogP contribution in [0.3, 0.4) is 0 Å². The Hall–Kier alpha value is -1.62. The van der Waals surface area contributed by atoms with Gasteiger partial charge in [-0.25, -0.2) is 4.98 Å². The molecule has 1 N–H and O–H groups in total. The van der Waals surface area contributed by atoms with Crippen molar-refractivity contribution < 1.29 is 9.53 Å². The van der Waals surface area contributed by atoms with E-state index in [0.717, 1.165) is 28.7 Å². The molecule has 0 radical (unpaired) electrons. The number of thiazole rings is 1. The van der Waals surface area contributed by atoms with Crippen LogP contribution in [0.15, 0.2) is 23.7 Å². The first kappa shape index (κ1) is 12.8. The number of fused-ring (bicyclic) bond motifs is 1. The smallest absolute Gasteiger partial charge is 0.325 e. The molecular weight excluding hydrogens is 248 g/mol. The lowest BCUT2D eigenvalue weighted by atomic mass is 10.3. The van der Waals surface area contributed by atoms with Crippen LogP contribution in [-0.4, -0.2) is 24.1 Å². The first-order valence-electron chi connectivity index (χ1n) is 6.02. The molecule has 2 aromatic rings. The van der Waals surface area contributed by atoms with Gasteiger partial charge in [0.1, 0.15) is 6.54 Å². The number of carbonyl (C=O) groups excluding carboxylic acids is 1. The maximum absolute atomic E-state index is 11.4. The van der Waals surface area contributed by atoms with Gasteiger partial charge in [0.15, 0.2) is 0 Å². The van der Waals surface area contributed by atoms with E-state index in [1.165, 1.54) is 0 Å². The van der Waals surface area contributed by atoms with E-state index in [4.69, 9.17) is 4.74 Å². The average Bonchev–Trinajstić information content (AvgIpc) is 2.84. The number of rotatable bonds is 6. The number of hydrogen-bond acceptors (Lipinski definition) is 5. The van der Waals surface area contributed by atoms with Crippen LogP contribution in [0.2, 0.25) is 0 Å². The lowest BCUT2D eigenvalue weighted by Crippen LogP contribution is -2.17. The zero-order chi connectivity index (χ0) is 12.8. The number of anilines is 1. The summed E-state index contributed by atoms with van der Waals surface area (Å²) in [5.41, 5.74) is 3.71. The third-order valence-corrected chi connectivity index (χ3v) is 3.32. The van der Waals surface area contributed by atoms with Crippen LogP contribution in [0.4, 0.5) is 5.69 Å². The number of nitrogens with one attached hydrogen (secondary N) is 1. The van der Waals surface area contributed by atoms with Crippen LogP contribution < -0.4 is 5.32 Å². The van der Waals surface area contributed by atoms with Crippen LogP contribution in [0.5, 0.6) is 0 Å². The first-order chi connectivity index (χ1) is 8.79. The average molecular weight is 264 g/mol. The molecule has 0 spiro atoms. The van der Waals surface area contributed by atoms with Crippen LogP contribution in [0.1, 0.15) is 19.8 Å². The van der Waals surface area contributed by atoms with Crippen LogP contribution in [0, 0.1) is 0 Å². The molecule has 1 aromatic carbocycles. The first-order valence-corrected chi connectivity index (χ1v) is 6.90. The number of hydrogen-bond donors (Lipinski definition) is 1. The lowest BCUT2D eigenvalue weighted by Gasteiger charge is -2.06. The van der Waals surface area contributed by atoms with E-state index in [1.54, 1.807) is 11.3 Å². The minimum absolute atomic E-state index is 0.202. The second-order valence-corrected chi connectivity index (χ2v) is 4.85. The standard InChI is InChI=1S/C13H16N2O2S/c1-2-3-6-17-13(16)8-14-10-4-5-11-12(7-10)18-9-15-11/h4-5,7,9,14H,2-3,6,8H2,1H3. The number of aromatic nitrogens is 1. The van der Waals surface area contributed by atoms with Crippen molar-refractivity contribution in [1.82, 2.24) is 4.98 Å². The summed E-state index contributed by atoms with van der Waals surface area (Å²) in [6, 6.07) is 5.85. The van der Waals surface area contributed by atoms with Crippen molar-refractivity contribution in [3.8, 4) is 0 Å². The molecule has 2 rings (SSSR count). The topological polar surface area (TPSA) is 51.2 Å². The Bertz CT molecular complexity index is 524. The zero-order valence-corrected chi connectivity index (χ0v) is 11.1. The summed E-state index contributed by atoms with van der Waals surface area (Å²) < 4.78 is 6.18. The molecule has 18 heavy (non-hydrogen) atoms. The number of ether oxygens (including phenoxy) is 1. The van der Waals surface area contributed by atoms with Gasteiger partial charge in [0.05, 0.1) is 22.3 Å². The normalized spacial score (nSPS) is 10.5. The molecule has 0 aliphatic heterocycles. The molecule has 0 saturated carbocycles. The fraction of sp³-hybridized carbons (Fsp3) is 0.385. The van der Waals surface area contributed by atoms with Crippen molar-refractivity contribution in [3.05, 3.63) is 23.7 Å². The van der Waals surface area contributed by atoms with Gasteiger partial charge in [-0.05, 0) is 24.6 Å². The van der Waals surface area contributed by atoms with Gasteiger partial charge in [0.2, 0.25) is 0 Å². The molecule has 0 aliphatic rings. The highest BCUT2D eigenvalue weighted by atomic mass is 32.1. The predicted molar refractivity (Wildman–Crippen MR) is 74.0 cm³/mol. The fourth-order valence-electron chi connectivity index (χ4n) is 1.52. The summed E-state index contributed by atoms with van der Waals surface area (Å²) in [7, 11) is 0. The van der Waals surface area contributed by atoms with Crippen molar-refractivity contribution in [2.24, 2.45) is 0 Å². The molecule has 0 amide bonds. The van der Waals surface area contributed by atoms with E-state index in [0.29, 0.717) is 6.61 Å². The molecule has 4 nitrogen and oxygen atoms in total. The van der Waals surface area contributed by atoms with E-state index in [2.05, 4.69) is 17.2 Å². The summed E-state index contributed by atoms with van der Waals surface area (Å²) in [6.07, 6.45) is 1.95. The van der Waals surface area contributed by atoms with E-state index >= 15 is 0 Å². The Morgan fingerprint density at radius 1 is 1.50 bits per heavy atom. The molecule has 0 atom stereocenters. The monoisotopic (exact) mass is 264 g/mol. The van der Waals surface area contributed by atoms with E-state index in [9.17, 15) is 4.79 Å². The maximum Gasteiger partial charge on any atom is 0.325 e. The third-order valence-electron chi connectivity index (χ3n) is 2.53. The molecule has 96 valence electrons. The second kappa shape index (κ2) is 6.35. The summed E-state index contributed by atoms with van der Waals surface area (Å²) in [5.74, 6) is -0.215. The number of esters is 1. The molecular formula is C13H16N2O2S. The molecule has 5 heteroatoms. The van der Waals surface area contributed by atoms with Crippen molar-refractivity contribution in [3.63, 3.8) is 0 Å². The second-order valence-electron chi connectivity index (χ2n) is 3.96. The molecule has 0 aliphatic carbocycles. The van der Waals surface area contributed by atoms with Gasteiger partial charge in [-0.15, -0.1) is 11.3 Å². The van der Waals surface area contributed by atoms with Crippen molar-refractivity contribution in [1.29, 1.82) is 0 Å². The van der Waals surface area contributed by atoms with Crippen molar-refractivity contribution >= 4 is 33.2 Å². The zero-order valence-electron chi connectivity index (χ0n) is 10.3. The quantitative estimate of drug-likeness (QED) is 0.643. The lowest BCUT2D eigenvalue weighted by molar-refractivity contribution is -0.141. The third kappa shape index (κ3) is 3.43. The summed E-state index contributed by atoms with van der Waals surface area (Å²) >= 11 is 1.59. The molecule has 0 fully saturated rings. The minimum atomic E-state index is -0.215. The van der Waals surface area contributed by atoms with Crippen LogP contribution in [-0.2, 0) is 9.53 Å². The Kier molecular flexibility index (Phi) is 4.52. The van der Waals surface area contributed by atoms with Gasteiger partial charge in [0.25, 0.3) is 0 Å². The van der Waals surface area contributed by atoms with E-state index < -0.39 is 0 Å². The maximum atomic E-state index is 11.4. The van der Waals surface area contributed by atoms with Gasteiger partial charge in [-0.2, -0.15) is 0 Å². The Balaban J connectivity index is 1.83. The number of carbonyl (C=O) groups is 1. The number of unbranched alkanes of at least 4 members (excludes halogenated alkanes) is 1. The highest BCUT2D eigenvalue weighted by Crippen LogP contribution is 2.21. The SMILES string of the molecule is CCCCOC(=O)CNc1ccc2ncsc2c1. The van der Waals surface area contributed by atoms with Crippen LogP contribution >= 0.6 is 11.3 Å². The van der Waals surface area contributed by atoms with E-state index in [-0.39, 0.29) is 12.5 Å². The molecule has 0 bridgehead atoms. The fourth-order valence-corrected chi connectivity index (χ4v) is 2.24. The largest absolute Gasteiger partial charge is 0.464 e. The highest BCUT2D eigenvalue weighted by molar-refractivity contribution is 7.16. The molecule has 0 unspecified atom stereocenters. The van der Waals surface area contributed by atoms with Gasteiger partial charge in [-0.1, -0.05) is 13.3 Å². The summed E-state index contributed by atoms with van der Waals surface area (Å²) in [6.45, 7) is 2.77. The Labute approximate surface area is 110 Å². The van der Waals surface area contributed by atoms with Crippen LogP contribution in [0.25, 0.3) is 10.2 Å². The molecule has 1 heterocycles. The Morgan fingerprint density at radius 3 is 3.22 bits per heavy atom. The van der Waals surface area contributed by atoms with Gasteiger partial charge >= 0.3 is 5.97 Å². The summed E-state index contributed by atoms with van der Waals surface area (Å²) in [5, 5.41) is 3.06. The van der Waals surface area contributed by atoms with Gasteiger partial charge in [0, 0.05) is 5.69 Å². The van der Waals surface area contributed by atoms with Crippen molar-refractivity contribution in [2.75, 3.05) is 18.5 Å². The van der Waals surface area contributed by atoms with Gasteiger partial charge < -0.3 is 10.1 Å². The Morgan fingerprint density at radius 2 is 2.39 bits per heavy atom. The predicted octanol–water partition coefficient (Wildman–Crippen LogP) is 3.05. The number of benzene rings is 1. The number of nitrogens with zero attached hydrogens (tertiary/aromatic N) is 1. The minimum Gasteiger partial charge on any atom is -0.464 e. The van der Waals surface area contributed by atoms with Gasteiger partial charge in [-0.3, -0.25) is 4.79 Å². The molecule has 0 saturated heterocycles. The van der Waals surface area contributed by atoms with E-state index in [1.807, 2.05) is 23.7 Å². The summed E-state index contributed by atoms with van der Waals surface area (Å²) in [4.78, 5) is 15.6.